The van der Waals surface area contributed by atoms with Gasteiger partial charge in [-0.25, -0.2) is 0 Å². The highest BCUT2D eigenvalue weighted by molar-refractivity contribution is 4.69. The molecule has 0 aromatic carbocycles. The van der Waals surface area contributed by atoms with Crippen molar-refractivity contribution in [3.63, 3.8) is 0 Å². The molecule has 2 heteroatoms. The van der Waals surface area contributed by atoms with Gasteiger partial charge in [0.25, 0.3) is 0 Å². The van der Waals surface area contributed by atoms with E-state index in [4.69, 9.17) is 5.73 Å². The fraction of sp³-hybridized carbons (Fsp3) is 1.00. The molecule has 2 atom stereocenters. The molecule has 1 saturated carbocycles. The summed E-state index contributed by atoms with van der Waals surface area (Å²) in [6, 6.07) is 0. The smallest absolute Gasteiger partial charge is 0.0665 e. The lowest BCUT2D eigenvalue weighted by atomic mass is 9.83. The number of aliphatic hydroxyl groups excluding tert-OH is 1. The zero-order chi connectivity index (χ0) is 11.1. The molecule has 3 N–H and O–H groups in total. The van der Waals surface area contributed by atoms with Gasteiger partial charge < -0.3 is 10.8 Å². The Morgan fingerprint density at radius 1 is 1.27 bits per heavy atom. The Bertz CT molecular complexity index is 155. The SMILES string of the molecule is CC(CCC1CCCCC1)CC(O)CN. The van der Waals surface area contributed by atoms with Gasteiger partial charge in [0.1, 0.15) is 0 Å². The van der Waals surface area contributed by atoms with Crippen molar-refractivity contribution >= 4 is 0 Å². The van der Waals surface area contributed by atoms with Crippen molar-refractivity contribution in [2.24, 2.45) is 17.6 Å². The minimum atomic E-state index is -0.286. The van der Waals surface area contributed by atoms with Gasteiger partial charge >= 0.3 is 0 Å². The number of hydrogen-bond acceptors (Lipinski definition) is 2. The van der Waals surface area contributed by atoms with Crippen LogP contribution in [0.25, 0.3) is 0 Å². The van der Waals surface area contributed by atoms with Crippen LogP contribution in [0.2, 0.25) is 0 Å². The molecule has 2 nitrogen and oxygen atoms in total. The van der Waals surface area contributed by atoms with Crippen LogP contribution >= 0.6 is 0 Å². The lowest BCUT2D eigenvalue weighted by molar-refractivity contribution is 0.147. The Labute approximate surface area is 94.2 Å². The summed E-state index contributed by atoms with van der Waals surface area (Å²) < 4.78 is 0. The van der Waals surface area contributed by atoms with E-state index < -0.39 is 0 Å². The molecule has 0 spiro atoms. The summed E-state index contributed by atoms with van der Waals surface area (Å²) in [6.45, 7) is 2.65. The molecule has 0 aliphatic heterocycles. The first-order valence-corrected chi connectivity index (χ1v) is 6.60. The van der Waals surface area contributed by atoms with Gasteiger partial charge in [-0.05, 0) is 18.3 Å². The third-order valence-electron chi connectivity index (χ3n) is 3.74. The number of aliphatic hydroxyl groups is 1. The van der Waals surface area contributed by atoms with Crippen molar-refractivity contribution < 1.29 is 5.11 Å². The second-order valence-corrected chi connectivity index (χ2v) is 5.31. The van der Waals surface area contributed by atoms with Gasteiger partial charge in [-0.2, -0.15) is 0 Å². The molecule has 1 rings (SSSR count). The van der Waals surface area contributed by atoms with Gasteiger partial charge in [-0.15, -0.1) is 0 Å². The molecule has 0 radical (unpaired) electrons. The third-order valence-corrected chi connectivity index (χ3v) is 3.74. The first-order chi connectivity index (χ1) is 7.22. The van der Waals surface area contributed by atoms with Crippen LogP contribution in [-0.4, -0.2) is 17.8 Å². The van der Waals surface area contributed by atoms with Crippen LogP contribution in [0.3, 0.4) is 0 Å². The molecule has 2 unspecified atom stereocenters. The Hall–Kier alpha value is -0.0800. The van der Waals surface area contributed by atoms with E-state index in [0.717, 1.165) is 12.3 Å². The highest BCUT2D eigenvalue weighted by Gasteiger charge is 2.15. The largest absolute Gasteiger partial charge is 0.392 e. The molecule has 1 aliphatic rings. The summed E-state index contributed by atoms with van der Waals surface area (Å²) in [6.07, 6.45) is 10.4. The van der Waals surface area contributed by atoms with E-state index in [1.165, 1.54) is 44.9 Å². The molecule has 0 bridgehead atoms. The molecule has 0 heterocycles. The zero-order valence-corrected chi connectivity index (χ0v) is 10.1. The molecule has 90 valence electrons. The number of nitrogens with two attached hydrogens (primary N) is 1. The lowest BCUT2D eigenvalue weighted by Crippen LogP contribution is -2.22. The van der Waals surface area contributed by atoms with E-state index in [-0.39, 0.29) is 6.10 Å². The fourth-order valence-corrected chi connectivity index (χ4v) is 2.67. The standard InChI is InChI=1S/C13H27NO/c1-11(9-13(15)10-14)7-8-12-5-3-2-4-6-12/h11-13,15H,2-10,14H2,1H3. The minimum Gasteiger partial charge on any atom is -0.392 e. The van der Waals surface area contributed by atoms with Crippen molar-refractivity contribution in [3.8, 4) is 0 Å². The monoisotopic (exact) mass is 213 g/mol. The maximum absolute atomic E-state index is 9.44. The third kappa shape index (κ3) is 5.53. The fourth-order valence-electron chi connectivity index (χ4n) is 2.67. The molecular weight excluding hydrogens is 186 g/mol. The molecule has 1 aliphatic carbocycles. The molecule has 0 saturated heterocycles. The first-order valence-electron chi connectivity index (χ1n) is 6.60. The first kappa shape index (κ1) is 13.0. The van der Waals surface area contributed by atoms with Gasteiger partial charge in [-0.1, -0.05) is 51.9 Å². The Morgan fingerprint density at radius 3 is 2.53 bits per heavy atom. The molecular formula is C13H27NO. The molecule has 15 heavy (non-hydrogen) atoms. The highest BCUT2D eigenvalue weighted by atomic mass is 16.3. The minimum absolute atomic E-state index is 0.286. The van der Waals surface area contributed by atoms with Crippen LogP contribution < -0.4 is 5.73 Å². The topological polar surface area (TPSA) is 46.2 Å². The van der Waals surface area contributed by atoms with Crippen LogP contribution in [0.4, 0.5) is 0 Å². The summed E-state index contributed by atoms with van der Waals surface area (Å²) in [5.74, 6) is 1.60. The molecule has 1 fully saturated rings. The maximum atomic E-state index is 9.44. The van der Waals surface area contributed by atoms with E-state index in [9.17, 15) is 5.11 Å². The van der Waals surface area contributed by atoms with E-state index in [1.807, 2.05) is 0 Å². The molecule has 0 aromatic heterocycles. The van der Waals surface area contributed by atoms with Crippen molar-refractivity contribution in [2.45, 2.75) is 64.4 Å². The summed E-state index contributed by atoms with van der Waals surface area (Å²) in [5, 5.41) is 9.44. The van der Waals surface area contributed by atoms with Crippen LogP contribution in [0.1, 0.15) is 58.3 Å². The lowest BCUT2D eigenvalue weighted by Gasteiger charge is -2.23. The Balaban J connectivity index is 2.07. The Kier molecular flexibility index (Phi) is 6.26. The van der Waals surface area contributed by atoms with Crippen molar-refractivity contribution in [1.82, 2.24) is 0 Å². The zero-order valence-electron chi connectivity index (χ0n) is 10.1. The van der Waals surface area contributed by atoms with Crippen molar-refractivity contribution in [2.75, 3.05) is 6.54 Å². The summed E-state index contributed by atoms with van der Waals surface area (Å²) >= 11 is 0. The maximum Gasteiger partial charge on any atom is 0.0665 e. The van der Waals surface area contributed by atoms with Gasteiger partial charge in [0.05, 0.1) is 6.10 Å². The van der Waals surface area contributed by atoms with Crippen LogP contribution in [0, 0.1) is 11.8 Å². The van der Waals surface area contributed by atoms with Crippen molar-refractivity contribution in [1.29, 1.82) is 0 Å². The van der Waals surface area contributed by atoms with Gasteiger partial charge in [-0.3, -0.25) is 0 Å². The predicted octanol–water partition coefficient (Wildman–Crippen LogP) is 2.69. The van der Waals surface area contributed by atoms with Crippen LogP contribution in [0.15, 0.2) is 0 Å². The summed E-state index contributed by atoms with van der Waals surface area (Å²) in [4.78, 5) is 0. The van der Waals surface area contributed by atoms with E-state index in [0.29, 0.717) is 12.5 Å². The van der Waals surface area contributed by atoms with Crippen molar-refractivity contribution in [3.05, 3.63) is 0 Å². The normalized spacial score (nSPS) is 22.6. The molecule has 0 amide bonds. The van der Waals surface area contributed by atoms with E-state index in [2.05, 4.69) is 6.92 Å². The quantitative estimate of drug-likeness (QED) is 0.712. The second kappa shape index (κ2) is 7.24. The predicted molar refractivity (Wildman–Crippen MR) is 64.7 cm³/mol. The Morgan fingerprint density at radius 2 is 1.93 bits per heavy atom. The summed E-state index contributed by atoms with van der Waals surface area (Å²) in [5.41, 5.74) is 5.41. The summed E-state index contributed by atoms with van der Waals surface area (Å²) in [7, 11) is 0. The van der Waals surface area contributed by atoms with Gasteiger partial charge in [0, 0.05) is 6.54 Å². The van der Waals surface area contributed by atoms with Crippen LogP contribution in [-0.2, 0) is 0 Å². The van der Waals surface area contributed by atoms with E-state index in [1.54, 1.807) is 0 Å². The van der Waals surface area contributed by atoms with Gasteiger partial charge in [0.2, 0.25) is 0 Å². The number of rotatable bonds is 6. The second-order valence-electron chi connectivity index (χ2n) is 5.31. The average molecular weight is 213 g/mol. The number of hydrogen-bond donors (Lipinski definition) is 2. The average Bonchev–Trinajstić information content (AvgIpc) is 2.27. The van der Waals surface area contributed by atoms with Crippen LogP contribution in [0.5, 0.6) is 0 Å². The highest BCUT2D eigenvalue weighted by Crippen LogP contribution is 2.29. The molecule has 0 aromatic rings. The van der Waals surface area contributed by atoms with Gasteiger partial charge in [0.15, 0.2) is 0 Å². The van der Waals surface area contributed by atoms with E-state index >= 15 is 0 Å².